The Bertz CT molecular complexity index is 1190. The summed E-state index contributed by atoms with van der Waals surface area (Å²) in [7, 11) is 0. The molecule has 0 bridgehead atoms. The van der Waals surface area contributed by atoms with E-state index in [2.05, 4.69) is 43.0 Å². The SMILES string of the molecule is CC(O)Cc1cc(-c2ccc(C(C)(c3ccc(OCc4ccccn4)cn3)C(C)C)cc2)on1. The molecule has 4 aromatic rings. The molecule has 0 aliphatic heterocycles. The Morgan fingerprint density at radius 3 is 2.38 bits per heavy atom. The van der Waals surface area contributed by atoms with Gasteiger partial charge in [-0.1, -0.05) is 49.3 Å². The quantitative estimate of drug-likeness (QED) is 0.353. The van der Waals surface area contributed by atoms with Gasteiger partial charge in [0.1, 0.15) is 12.4 Å². The summed E-state index contributed by atoms with van der Waals surface area (Å²) in [5.74, 6) is 1.73. The third-order valence-electron chi connectivity index (χ3n) is 6.37. The monoisotopic (exact) mass is 457 g/mol. The number of hydrogen-bond acceptors (Lipinski definition) is 6. The minimum Gasteiger partial charge on any atom is -0.486 e. The molecule has 0 radical (unpaired) electrons. The van der Waals surface area contributed by atoms with E-state index in [0.29, 0.717) is 30.5 Å². The largest absolute Gasteiger partial charge is 0.486 e. The van der Waals surface area contributed by atoms with Crippen LogP contribution in [-0.4, -0.2) is 26.3 Å². The smallest absolute Gasteiger partial charge is 0.167 e. The van der Waals surface area contributed by atoms with Crippen LogP contribution in [0.1, 0.15) is 50.3 Å². The Morgan fingerprint density at radius 2 is 1.76 bits per heavy atom. The molecule has 3 heterocycles. The first kappa shape index (κ1) is 23.6. The van der Waals surface area contributed by atoms with Gasteiger partial charge in [0.25, 0.3) is 0 Å². The topological polar surface area (TPSA) is 81.3 Å². The predicted molar refractivity (Wildman–Crippen MR) is 131 cm³/mol. The third kappa shape index (κ3) is 5.18. The third-order valence-corrected chi connectivity index (χ3v) is 6.37. The number of aromatic nitrogens is 3. The summed E-state index contributed by atoms with van der Waals surface area (Å²) < 4.78 is 11.3. The van der Waals surface area contributed by atoms with Crippen LogP contribution >= 0.6 is 0 Å². The van der Waals surface area contributed by atoms with Crippen molar-refractivity contribution in [3.05, 3.63) is 95.7 Å². The van der Waals surface area contributed by atoms with E-state index in [0.717, 1.165) is 22.6 Å². The highest BCUT2D eigenvalue weighted by Crippen LogP contribution is 2.39. The van der Waals surface area contributed by atoms with Crippen molar-refractivity contribution in [3.8, 4) is 17.1 Å². The summed E-state index contributed by atoms with van der Waals surface area (Å²) in [4.78, 5) is 9.06. The van der Waals surface area contributed by atoms with E-state index >= 15 is 0 Å². The van der Waals surface area contributed by atoms with Gasteiger partial charge in [-0.3, -0.25) is 9.97 Å². The predicted octanol–water partition coefficient (Wildman–Crippen LogP) is 5.60. The normalized spacial score (nSPS) is 14.1. The van der Waals surface area contributed by atoms with Crippen LogP contribution in [0, 0.1) is 5.92 Å². The van der Waals surface area contributed by atoms with Crippen LogP contribution in [0.5, 0.6) is 5.75 Å². The van der Waals surface area contributed by atoms with Gasteiger partial charge in [-0.05, 0) is 49.6 Å². The molecule has 176 valence electrons. The van der Waals surface area contributed by atoms with Crippen molar-refractivity contribution < 1.29 is 14.4 Å². The molecule has 0 saturated heterocycles. The van der Waals surface area contributed by atoms with E-state index in [4.69, 9.17) is 14.2 Å². The van der Waals surface area contributed by atoms with Gasteiger partial charge in [0.15, 0.2) is 5.76 Å². The summed E-state index contributed by atoms with van der Waals surface area (Å²) in [6, 6.07) is 20.0. The second-order valence-corrected chi connectivity index (χ2v) is 9.16. The first-order chi connectivity index (χ1) is 16.4. The molecule has 2 atom stereocenters. The van der Waals surface area contributed by atoms with Crippen LogP contribution in [0.2, 0.25) is 0 Å². The van der Waals surface area contributed by atoms with E-state index < -0.39 is 6.10 Å². The van der Waals surface area contributed by atoms with E-state index in [-0.39, 0.29) is 5.41 Å². The molecule has 0 aliphatic rings. The zero-order valence-corrected chi connectivity index (χ0v) is 20.1. The Balaban J connectivity index is 1.52. The molecule has 1 N–H and O–H groups in total. The molecule has 6 nitrogen and oxygen atoms in total. The lowest BCUT2D eigenvalue weighted by Crippen LogP contribution is -2.31. The number of hydrogen-bond donors (Lipinski definition) is 1. The first-order valence-electron chi connectivity index (χ1n) is 11.6. The number of rotatable bonds is 9. The molecule has 0 saturated carbocycles. The van der Waals surface area contributed by atoms with Gasteiger partial charge in [-0.2, -0.15) is 0 Å². The number of nitrogens with zero attached hydrogens (tertiary/aromatic N) is 3. The van der Waals surface area contributed by atoms with Gasteiger partial charge >= 0.3 is 0 Å². The molecule has 0 spiro atoms. The summed E-state index contributed by atoms with van der Waals surface area (Å²) >= 11 is 0. The van der Waals surface area contributed by atoms with E-state index in [9.17, 15) is 5.11 Å². The standard InChI is InChI=1S/C28H31N3O3/c1-19(2)28(4,27-13-12-25(17-30-27)33-18-23-7-5-6-14-29-23)22-10-8-21(9-11-22)26-16-24(31-34-26)15-20(3)32/h5-14,16-17,19-20,32H,15,18H2,1-4H3. The van der Waals surface area contributed by atoms with Crippen LogP contribution in [-0.2, 0) is 18.4 Å². The lowest BCUT2D eigenvalue weighted by molar-refractivity contribution is 0.192. The van der Waals surface area contributed by atoms with Gasteiger partial charge in [-0.25, -0.2) is 0 Å². The second kappa shape index (κ2) is 10.2. The highest BCUT2D eigenvalue weighted by Gasteiger charge is 2.34. The Kier molecular flexibility index (Phi) is 7.08. The minimum absolute atomic E-state index is 0.281. The highest BCUT2D eigenvalue weighted by molar-refractivity contribution is 5.58. The molecule has 6 heteroatoms. The summed E-state index contributed by atoms with van der Waals surface area (Å²) in [5, 5.41) is 13.6. The molecule has 3 aromatic heterocycles. The molecular formula is C28H31N3O3. The van der Waals surface area contributed by atoms with Crippen molar-refractivity contribution in [3.63, 3.8) is 0 Å². The maximum atomic E-state index is 9.57. The number of aliphatic hydroxyl groups is 1. The van der Waals surface area contributed by atoms with Crippen LogP contribution in [0.4, 0.5) is 0 Å². The molecule has 2 unspecified atom stereocenters. The summed E-state index contributed by atoms with van der Waals surface area (Å²) in [6.45, 7) is 8.78. The molecular weight excluding hydrogens is 426 g/mol. The van der Waals surface area contributed by atoms with Crippen LogP contribution < -0.4 is 4.74 Å². The van der Waals surface area contributed by atoms with Crippen molar-refractivity contribution in [2.45, 2.75) is 52.2 Å². The summed E-state index contributed by atoms with van der Waals surface area (Å²) in [6.07, 6.45) is 3.56. The van der Waals surface area contributed by atoms with Crippen LogP contribution in [0.3, 0.4) is 0 Å². The average molecular weight is 458 g/mol. The Labute approximate surface area is 200 Å². The number of benzene rings is 1. The first-order valence-corrected chi connectivity index (χ1v) is 11.6. The maximum absolute atomic E-state index is 9.57. The van der Waals surface area contributed by atoms with Gasteiger partial charge in [0.05, 0.1) is 29.4 Å². The number of aliphatic hydroxyl groups excluding tert-OH is 1. The fourth-order valence-corrected chi connectivity index (χ4v) is 4.02. The van der Waals surface area contributed by atoms with Crippen molar-refractivity contribution in [2.75, 3.05) is 0 Å². The molecule has 0 aliphatic carbocycles. The van der Waals surface area contributed by atoms with Gasteiger partial charge in [0.2, 0.25) is 0 Å². The second-order valence-electron chi connectivity index (χ2n) is 9.16. The van der Waals surface area contributed by atoms with Crippen LogP contribution in [0.15, 0.2) is 77.6 Å². The van der Waals surface area contributed by atoms with Crippen LogP contribution in [0.25, 0.3) is 11.3 Å². The van der Waals surface area contributed by atoms with Crippen molar-refractivity contribution in [1.82, 2.24) is 15.1 Å². The van der Waals surface area contributed by atoms with Gasteiger partial charge in [-0.15, -0.1) is 0 Å². The highest BCUT2D eigenvalue weighted by atomic mass is 16.5. The van der Waals surface area contributed by atoms with Gasteiger partial charge in [0, 0.05) is 29.7 Å². The average Bonchev–Trinajstić information content (AvgIpc) is 3.31. The maximum Gasteiger partial charge on any atom is 0.167 e. The van der Waals surface area contributed by atoms with Crippen molar-refractivity contribution in [1.29, 1.82) is 0 Å². The fraction of sp³-hybridized carbons (Fsp3) is 0.321. The Morgan fingerprint density at radius 1 is 0.971 bits per heavy atom. The minimum atomic E-state index is -0.452. The van der Waals surface area contributed by atoms with E-state index in [1.165, 1.54) is 5.56 Å². The molecule has 0 fully saturated rings. The Hall–Kier alpha value is -3.51. The van der Waals surface area contributed by atoms with Crippen molar-refractivity contribution >= 4 is 0 Å². The fourth-order valence-electron chi connectivity index (χ4n) is 4.02. The van der Waals surface area contributed by atoms with Crippen molar-refractivity contribution in [2.24, 2.45) is 5.92 Å². The zero-order valence-electron chi connectivity index (χ0n) is 20.1. The zero-order chi connectivity index (χ0) is 24.1. The lowest BCUT2D eigenvalue weighted by Gasteiger charge is -2.34. The number of ether oxygens (including phenoxy) is 1. The lowest BCUT2D eigenvalue weighted by atomic mass is 9.70. The molecule has 34 heavy (non-hydrogen) atoms. The van der Waals surface area contributed by atoms with E-state index in [1.54, 1.807) is 19.3 Å². The van der Waals surface area contributed by atoms with Gasteiger partial charge < -0.3 is 14.4 Å². The number of pyridine rings is 2. The summed E-state index contributed by atoms with van der Waals surface area (Å²) in [5.41, 5.74) is 4.45. The molecule has 1 aromatic carbocycles. The molecule has 4 rings (SSSR count). The molecule has 0 amide bonds. The van der Waals surface area contributed by atoms with E-state index in [1.807, 2.05) is 48.5 Å².